The number of amides is 1. The Morgan fingerprint density at radius 2 is 2.15 bits per heavy atom. The van der Waals surface area contributed by atoms with Crippen LogP contribution in [0.4, 0.5) is 0 Å². The molecule has 1 atom stereocenters. The van der Waals surface area contributed by atoms with Crippen LogP contribution in [0.3, 0.4) is 0 Å². The van der Waals surface area contributed by atoms with Gasteiger partial charge in [-0.25, -0.2) is 0 Å². The Hall–Kier alpha value is -1.55. The van der Waals surface area contributed by atoms with Gasteiger partial charge in [-0.3, -0.25) is 9.59 Å². The van der Waals surface area contributed by atoms with Gasteiger partial charge in [0.05, 0.1) is 5.56 Å². The molecule has 5 heteroatoms. The van der Waals surface area contributed by atoms with Crippen LogP contribution in [0.5, 0.6) is 5.75 Å². The average molecular weight is 296 g/mol. The maximum absolute atomic E-state index is 12.0. The Kier molecular flexibility index (Phi) is 5.01. The first-order valence-corrected chi connectivity index (χ1v) is 7.19. The minimum Gasteiger partial charge on any atom is -0.480 e. The lowest BCUT2D eigenvalue weighted by Crippen LogP contribution is -2.41. The fourth-order valence-electron chi connectivity index (χ4n) is 2.35. The third kappa shape index (κ3) is 3.73. The first kappa shape index (κ1) is 14.9. The molecule has 1 N–H and O–H groups in total. The molecular formula is C15H18ClNO3. The van der Waals surface area contributed by atoms with Crippen molar-refractivity contribution in [2.24, 2.45) is 0 Å². The van der Waals surface area contributed by atoms with Crippen molar-refractivity contribution in [2.45, 2.75) is 44.8 Å². The van der Waals surface area contributed by atoms with E-state index < -0.39 is 6.10 Å². The third-order valence-corrected chi connectivity index (χ3v) is 3.71. The zero-order valence-corrected chi connectivity index (χ0v) is 12.2. The monoisotopic (exact) mass is 295 g/mol. The number of halogens is 1. The average Bonchev–Trinajstić information content (AvgIpc) is 2.93. The molecule has 0 spiro atoms. The van der Waals surface area contributed by atoms with Gasteiger partial charge in [-0.15, -0.1) is 0 Å². The second-order valence-corrected chi connectivity index (χ2v) is 5.49. The van der Waals surface area contributed by atoms with Crippen LogP contribution in [-0.4, -0.2) is 24.3 Å². The molecule has 1 aliphatic rings. The summed E-state index contributed by atoms with van der Waals surface area (Å²) in [6, 6.07) is 5.01. The molecule has 0 radical (unpaired) electrons. The molecule has 1 saturated carbocycles. The number of carbonyl (C=O) groups excluding carboxylic acids is 2. The van der Waals surface area contributed by atoms with E-state index in [4.69, 9.17) is 16.3 Å². The zero-order valence-electron chi connectivity index (χ0n) is 11.4. The van der Waals surface area contributed by atoms with E-state index in [0.717, 1.165) is 25.7 Å². The number of ether oxygens (including phenoxy) is 1. The van der Waals surface area contributed by atoms with Crippen LogP contribution in [0.25, 0.3) is 0 Å². The second kappa shape index (κ2) is 6.75. The zero-order chi connectivity index (χ0) is 14.5. The van der Waals surface area contributed by atoms with Crippen LogP contribution in [-0.2, 0) is 4.79 Å². The van der Waals surface area contributed by atoms with Gasteiger partial charge in [0.25, 0.3) is 5.91 Å². The molecule has 1 fully saturated rings. The molecule has 1 aromatic carbocycles. The van der Waals surface area contributed by atoms with Crippen molar-refractivity contribution >= 4 is 23.8 Å². The fourth-order valence-corrected chi connectivity index (χ4v) is 2.53. The molecule has 0 aromatic heterocycles. The Morgan fingerprint density at radius 1 is 1.45 bits per heavy atom. The molecule has 1 aromatic rings. The number of aldehydes is 1. The van der Waals surface area contributed by atoms with Crippen molar-refractivity contribution in [1.82, 2.24) is 5.32 Å². The van der Waals surface area contributed by atoms with Crippen LogP contribution in [0.2, 0.25) is 5.02 Å². The summed E-state index contributed by atoms with van der Waals surface area (Å²) in [5.74, 6) is 0.224. The van der Waals surface area contributed by atoms with Gasteiger partial charge in [0.1, 0.15) is 5.75 Å². The van der Waals surface area contributed by atoms with Crippen LogP contribution in [0.15, 0.2) is 18.2 Å². The standard InChI is InChI=1S/C15H18ClNO3/c1-10(15(19)17-13-4-2-3-5-13)20-14-7-6-12(16)8-11(14)9-18/h6-10,13H,2-5H2,1H3,(H,17,19). The van der Waals surface area contributed by atoms with E-state index in [0.29, 0.717) is 22.6 Å². The molecule has 20 heavy (non-hydrogen) atoms. The summed E-state index contributed by atoms with van der Waals surface area (Å²) < 4.78 is 5.56. The molecule has 1 unspecified atom stereocenters. The predicted octanol–water partition coefficient (Wildman–Crippen LogP) is 2.98. The molecular weight excluding hydrogens is 278 g/mol. The van der Waals surface area contributed by atoms with Crippen LogP contribution in [0.1, 0.15) is 43.0 Å². The lowest BCUT2D eigenvalue weighted by atomic mass is 10.2. The number of carbonyl (C=O) groups is 2. The summed E-state index contributed by atoms with van der Waals surface area (Å²) >= 11 is 5.81. The topological polar surface area (TPSA) is 55.4 Å². The van der Waals surface area contributed by atoms with E-state index in [2.05, 4.69) is 5.32 Å². The summed E-state index contributed by atoms with van der Waals surface area (Å²) in [4.78, 5) is 23.0. The highest BCUT2D eigenvalue weighted by atomic mass is 35.5. The molecule has 0 aliphatic heterocycles. The lowest BCUT2D eigenvalue weighted by molar-refractivity contribution is -0.127. The summed E-state index contributed by atoms with van der Waals surface area (Å²) in [5, 5.41) is 3.43. The van der Waals surface area contributed by atoms with E-state index in [-0.39, 0.29) is 11.9 Å². The van der Waals surface area contributed by atoms with Gasteiger partial charge < -0.3 is 10.1 Å². The van der Waals surface area contributed by atoms with Gasteiger partial charge in [-0.2, -0.15) is 0 Å². The molecule has 1 aliphatic carbocycles. The largest absolute Gasteiger partial charge is 0.480 e. The maximum atomic E-state index is 12.0. The van der Waals surface area contributed by atoms with Crippen molar-refractivity contribution in [3.8, 4) is 5.75 Å². The quantitative estimate of drug-likeness (QED) is 0.850. The van der Waals surface area contributed by atoms with Crippen molar-refractivity contribution < 1.29 is 14.3 Å². The van der Waals surface area contributed by atoms with Crippen LogP contribution >= 0.6 is 11.6 Å². The number of nitrogens with one attached hydrogen (secondary N) is 1. The predicted molar refractivity (Wildman–Crippen MR) is 77.3 cm³/mol. The maximum Gasteiger partial charge on any atom is 0.260 e. The minimum absolute atomic E-state index is 0.149. The molecule has 108 valence electrons. The molecule has 0 saturated heterocycles. The second-order valence-electron chi connectivity index (χ2n) is 5.05. The van der Waals surface area contributed by atoms with E-state index in [1.807, 2.05) is 0 Å². The van der Waals surface area contributed by atoms with Gasteiger partial charge in [0.15, 0.2) is 12.4 Å². The molecule has 4 nitrogen and oxygen atoms in total. The van der Waals surface area contributed by atoms with Gasteiger partial charge >= 0.3 is 0 Å². The Morgan fingerprint density at radius 3 is 2.80 bits per heavy atom. The molecule has 1 amide bonds. The lowest BCUT2D eigenvalue weighted by Gasteiger charge is -2.18. The van der Waals surface area contributed by atoms with Gasteiger partial charge in [0, 0.05) is 11.1 Å². The molecule has 2 rings (SSSR count). The fraction of sp³-hybridized carbons (Fsp3) is 0.467. The summed E-state index contributed by atoms with van der Waals surface area (Å²) in [5.41, 5.74) is 0.345. The van der Waals surface area contributed by atoms with Crippen LogP contribution in [0, 0.1) is 0 Å². The summed E-state index contributed by atoms with van der Waals surface area (Å²) in [6.07, 6.45) is 4.40. The highest BCUT2D eigenvalue weighted by molar-refractivity contribution is 6.30. The Balaban J connectivity index is 1.97. The number of rotatable bonds is 5. The van der Waals surface area contributed by atoms with Gasteiger partial charge in [-0.1, -0.05) is 24.4 Å². The van der Waals surface area contributed by atoms with Crippen molar-refractivity contribution in [1.29, 1.82) is 0 Å². The highest BCUT2D eigenvalue weighted by Gasteiger charge is 2.22. The summed E-state index contributed by atoms with van der Waals surface area (Å²) in [7, 11) is 0. The van der Waals surface area contributed by atoms with Crippen molar-refractivity contribution in [2.75, 3.05) is 0 Å². The number of hydrogen-bond acceptors (Lipinski definition) is 3. The molecule has 0 heterocycles. The minimum atomic E-state index is -0.643. The van der Waals surface area contributed by atoms with Crippen molar-refractivity contribution in [3.63, 3.8) is 0 Å². The van der Waals surface area contributed by atoms with E-state index in [1.165, 1.54) is 6.07 Å². The third-order valence-electron chi connectivity index (χ3n) is 3.47. The van der Waals surface area contributed by atoms with E-state index in [1.54, 1.807) is 19.1 Å². The van der Waals surface area contributed by atoms with Gasteiger partial charge in [0.2, 0.25) is 0 Å². The Bertz CT molecular complexity index is 498. The van der Waals surface area contributed by atoms with Crippen molar-refractivity contribution in [3.05, 3.63) is 28.8 Å². The first-order valence-electron chi connectivity index (χ1n) is 6.82. The highest BCUT2D eigenvalue weighted by Crippen LogP contribution is 2.23. The number of hydrogen-bond donors (Lipinski definition) is 1. The smallest absolute Gasteiger partial charge is 0.260 e. The SMILES string of the molecule is CC(Oc1ccc(Cl)cc1C=O)C(=O)NC1CCCC1. The summed E-state index contributed by atoms with van der Waals surface area (Å²) in [6.45, 7) is 1.67. The first-order chi connectivity index (χ1) is 9.60. The Labute approximate surface area is 123 Å². The van der Waals surface area contributed by atoms with Crippen LogP contribution < -0.4 is 10.1 Å². The van der Waals surface area contributed by atoms with Gasteiger partial charge in [-0.05, 0) is 38.0 Å². The normalized spacial score (nSPS) is 16.7. The van der Waals surface area contributed by atoms with E-state index >= 15 is 0 Å². The molecule has 0 bridgehead atoms. The number of benzene rings is 1. The van der Waals surface area contributed by atoms with E-state index in [9.17, 15) is 9.59 Å².